The molecule has 274 valence electrons. The molecule has 0 spiro atoms. The van der Waals surface area contributed by atoms with Gasteiger partial charge >= 0.3 is 12.4 Å². The Labute approximate surface area is 302 Å². The number of nitrogen functional groups attached to an aromatic ring is 4. The first kappa shape index (κ1) is 37.9. The topological polar surface area (TPSA) is 123 Å². The lowest BCUT2D eigenvalue weighted by Gasteiger charge is -2.38. The van der Waals surface area contributed by atoms with E-state index in [9.17, 15) is 26.3 Å². The van der Waals surface area contributed by atoms with Gasteiger partial charge < -0.3 is 32.4 Å². The number of hydrogen-bond donors (Lipinski definition) is 4. The number of alkyl halides is 6. The second kappa shape index (κ2) is 15.1. The Bertz CT molecular complexity index is 1990. The second-order valence-corrected chi connectivity index (χ2v) is 12.3. The molecule has 0 aliphatic heterocycles. The second-order valence-electron chi connectivity index (χ2n) is 12.3. The van der Waals surface area contributed by atoms with E-state index in [1.165, 1.54) is 46.5 Å². The quantitative estimate of drug-likeness (QED) is 0.0958. The summed E-state index contributed by atoms with van der Waals surface area (Å²) in [5, 5.41) is 0. The van der Waals surface area contributed by atoms with E-state index in [0.29, 0.717) is 22.9 Å². The molecule has 0 radical (unpaired) electrons. The van der Waals surface area contributed by atoms with Crippen LogP contribution in [0.4, 0.5) is 49.1 Å². The monoisotopic (exact) mass is 730 g/mol. The highest BCUT2D eigenvalue weighted by molar-refractivity contribution is 5.74. The predicted octanol–water partition coefficient (Wildman–Crippen LogP) is 11.0. The summed E-state index contributed by atoms with van der Waals surface area (Å²) >= 11 is 0. The smallest absolute Gasteiger partial charge is 0.411 e. The highest BCUT2D eigenvalue weighted by atomic mass is 19.4. The van der Waals surface area contributed by atoms with Gasteiger partial charge in [-0.2, -0.15) is 26.3 Å². The van der Waals surface area contributed by atoms with Crippen LogP contribution in [0.1, 0.15) is 22.3 Å². The zero-order valence-corrected chi connectivity index (χ0v) is 28.6. The summed E-state index contributed by atoms with van der Waals surface area (Å²) in [5.41, 5.74) is 23.7. The van der Waals surface area contributed by atoms with Crippen molar-refractivity contribution in [3.8, 4) is 34.1 Å². The van der Waals surface area contributed by atoms with Crippen molar-refractivity contribution in [1.29, 1.82) is 0 Å². The lowest BCUT2D eigenvalue weighted by Crippen LogP contribution is -2.54. The van der Waals surface area contributed by atoms with Crippen molar-refractivity contribution in [2.24, 2.45) is 0 Å². The van der Waals surface area contributed by atoms with Crippen LogP contribution in [-0.2, 0) is 5.41 Å². The fourth-order valence-electron chi connectivity index (χ4n) is 5.85. The van der Waals surface area contributed by atoms with Gasteiger partial charge in [0.05, 0.1) is 0 Å². The van der Waals surface area contributed by atoms with Gasteiger partial charge in [-0.05, 0) is 144 Å². The molecule has 6 aromatic carbocycles. The van der Waals surface area contributed by atoms with Gasteiger partial charge in [0, 0.05) is 22.7 Å². The van der Waals surface area contributed by atoms with Crippen LogP contribution in [0.5, 0.6) is 23.0 Å². The van der Waals surface area contributed by atoms with Crippen molar-refractivity contribution < 1.29 is 35.8 Å². The standard InChI is InChI=1S/C27H20F6N2O2.C14H16N2/c28-26(29,30)25(27(31,32)33,17-1-9-21(10-2-17)36-23-13-5-19(34)6-14-23)18-3-11-22(12-4-18)37-24-15-7-20(35)8-16-24;1-9-7-11(15)3-5-13(9)14-6-4-12(16)8-10(14)2/h1-16H,34-35H2;3-8H,15-16H2,1-2H3. The average molecular weight is 731 g/mol. The van der Waals surface area contributed by atoms with E-state index in [-0.39, 0.29) is 11.5 Å². The molecule has 0 unspecified atom stereocenters. The van der Waals surface area contributed by atoms with Crippen LogP contribution in [0.3, 0.4) is 0 Å². The van der Waals surface area contributed by atoms with E-state index in [4.69, 9.17) is 32.4 Å². The van der Waals surface area contributed by atoms with Crippen LogP contribution in [0, 0.1) is 13.8 Å². The zero-order chi connectivity index (χ0) is 38.6. The van der Waals surface area contributed by atoms with Crippen molar-refractivity contribution in [2.75, 3.05) is 22.9 Å². The molecule has 0 heterocycles. The summed E-state index contributed by atoms with van der Waals surface area (Å²) in [6.07, 6.45) is -11.4. The van der Waals surface area contributed by atoms with Crippen LogP contribution in [0.2, 0.25) is 0 Å². The number of halogens is 6. The highest BCUT2D eigenvalue weighted by Crippen LogP contribution is 2.56. The van der Waals surface area contributed by atoms with E-state index >= 15 is 0 Å². The SMILES string of the molecule is Cc1cc(N)ccc1-c1ccc(N)cc1C.Nc1ccc(Oc2ccc(C(c3ccc(Oc4ccc(N)cc4)cc3)(C(F)(F)F)C(F)(F)F)cc2)cc1. The Kier molecular flexibility index (Phi) is 10.8. The molecule has 0 aliphatic carbocycles. The van der Waals surface area contributed by atoms with Gasteiger partial charge in [0.25, 0.3) is 0 Å². The van der Waals surface area contributed by atoms with E-state index in [1.54, 1.807) is 24.3 Å². The maximum atomic E-state index is 14.4. The largest absolute Gasteiger partial charge is 0.457 e. The molecule has 53 heavy (non-hydrogen) atoms. The van der Waals surface area contributed by atoms with Crippen molar-refractivity contribution in [3.05, 3.63) is 156 Å². The van der Waals surface area contributed by atoms with Crippen LogP contribution in [0.25, 0.3) is 11.1 Å². The van der Waals surface area contributed by atoms with Crippen LogP contribution in [0.15, 0.2) is 133 Å². The van der Waals surface area contributed by atoms with Gasteiger partial charge in [-0.1, -0.05) is 36.4 Å². The minimum absolute atomic E-state index is 0.0546. The first-order valence-corrected chi connectivity index (χ1v) is 16.1. The van der Waals surface area contributed by atoms with Gasteiger partial charge in [0.2, 0.25) is 5.41 Å². The molecule has 8 N–H and O–H groups in total. The zero-order valence-electron chi connectivity index (χ0n) is 28.6. The number of rotatable bonds is 7. The lowest BCUT2D eigenvalue weighted by molar-refractivity contribution is -0.288. The molecular weight excluding hydrogens is 694 g/mol. The number of anilines is 4. The van der Waals surface area contributed by atoms with E-state index in [0.717, 1.165) is 59.9 Å². The molecule has 6 aromatic rings. The fraction of sp³-hybridized carbons (Fsp3) is 0.122. The molecule has 0 aliphatic rings. The average Bonchev–Trinajstić information content (AvgIpc) is 3.08. The molecule has 0 saturated carbocycles. The summed E-state index contributed by atoms with van der Waals surface area (Å²) in [4.78, 5) is 0. The first-order valence-electron chi connectivity index (χ1n) is 16.1. The van der Waals surface area contributed by atoms with Gasteiger partial charge in [-0.15, -0.1) is 0 Å². The summed E-state index contributed by atoms with van der Waals surface area (Å²) in [5.74, 6) is 0.742. The number of nitrogens with two attached hydrogens (primary N) is 4. The summed E-state index contributed by atoms with van der Waals surface area (Å²) in [7, 11) is 0. The number of ether oxygens (including phenoxy) is 2. The molecule has 0 bridgehead atoms. The molecule has 12 heteroatoms. The van der Waals surface area contributed by atoms with Crippen LogP contribution >= 0.6 is 0 Å². The van der Waals surface area contributed by atoms with Crippen molar-refractivity contribution in [1.82, 2.24) is 0 Å². The van der Waals surface area contributed by atoms with E-state index in [2.05, 4.69) is 26.0 Å². The first-order chi connectivity index (χ1) is 25.0. The minimum Gasteiger partial charge on any atom is -0.457 e. The van der Waals surface area contributed by atoms with Gasteiger partial charge in [0.1, 0.15) is 23.0 Å². The summed E-state index contributed by atoms with van der Waals surface area (Å²) in [6, 6.07) is 31.5. The Morgan fingerprint density at radius 2 is 0.642 bits per heavy atom. The third-order valence-electron chi connectivity index (χ3n) is 8.45. The van der Waals surface area contributed by atoms with E-state index < -0.39 is 28.9 Å². The summed E-state index contributed by atoms with van der Waals surface area (Å²) < 4.78 is 97.5. The normalized spacial score (nSPS) is 11.7. The lowest BCUT2D eigenvalue weighted by atomic mass is 9.73. The Hall–Kier alpha value is -6.30. The van der Waals surface area contributed by atoms with Crippen molar-refractivity contribution >= 4 is 22.7 Å². The molecule has 6 rings (SSSR count). The molecule has 0 aromatic heterocycles. The molecule has 0 fully saturated rings. The Morgan fingerprint density at radius 1 is 0.377 bits per heavy atom. The third-order valence-corrected chi connectivity index (χ3v) is 8.45. The third kappa shape index (κ3) is 8.44. The van der Waals surface area contributed by atoms with Gasteiger partial charge in [-0.25, -0.2) is 0 Å². The van der Waals surface area contributed by atoms with E-state index in [1.807, 2.05) is 24.3 Å². The fourth-order valence-corrected chi connectivity index (χ4v) is 5.85. The number of benzene rings is 6. The molecular formula is C41H36F6N4O2. The molecule has 0 amide bonds. The molecule has 6 nitrogen and oxygen atoms in total. The van der Waals surface area contributed by atoms with Gasteiger partial charge in [0.15, 0.2) is 0 Å². The summed E-state index contributed by atoms with van der Waals surface area (Å²) in [6.45, 7) is 4.14. The highest BCUT2D eigenvalue weighted by Gasteiger charge is 2.72. The van der Waals surface area contributed by atoms with Crippen LogP contribution in [-0.4, -0.2) is 12.4 Å². The van der Waals surface area contributed by atoms with Crippen molar-refractivity contribution in [2.45, 2.75) is 31.6 Å². The molecule has 0 saturated heterocycles. The predicted molar refractivity (Wildman–Crippen MR) is 198 cm³/mol. The number of hydrogen-bond acceptors (Lipinski definition) is 6. The minimum atomic E-state index is -5.72. The maximum Gasteiger partial charge on any atom is 0.411 e. The molecule has 0 atom stereocenters. The Balaban J connectivity index is 0.000000281. The number of aryl methyl sites for hydroxylation is 2. The maximum absolute atomic E-state index is 14.4. The van der Waals surface area contributed by atoms with Crippen molar-refractivity contribution in [3.63, 3.8) is 0 Å². The van der Waals surface area contributed by atoms with Gasteiger partial charge in [-0.3, -0.25) is 0 Å². The van der Waals surface area contributed by atoms with Crippen LogP contribution < -0.4 is 32.4 Å². The Morgan fingerprint density at radius 3 is 0.906 bits per heavy atom.